The lowest BCUT2D eigenvalue weighted by molar-refractivity contribution is 1.17. The summed E-state index contributed by atoms with van der Waals surface area (Å²) in [6.45, 7) is 0. The van der Waals surface area contributed by atoms with Gasteiger partial charge < -0.3 is 9.47 Å². The predicted molar refractivity (Wildman–Crippen MR) is 288 cm³/mol. The van der Waals surface area contributed by atoms with Crippen LogP contribution in [0.4, 0.5) is 17.1 Å². The molecular formula is C66H46N2. The zero-order chi connectivity index (χ0) is 45.2. The SMILES string of the molecule is c1ccc(-c2ccc(-c3ccc(N(c4ccc(-c5cccc(-c6ccccc6)c5-c5ccccc5-c5ccccc5)cc4)c4ccc(-n5c6ccccc6c6ccccc65)cc4)cc3)cc2)cc1. The number of fused-ring (bicyclic) bond motifs is 3. The number of para-hydroxylation sites is 2. The molecule has 0 aliphatic heterocycles. The largest absolute Gasteiger partial charge is 0.311 e. The molecule has 0 aliphatic carbocycles. The van der Waals surface area contributed by atoms with Gasteiger partial charge in [-0.25, -0.2) is 0 Å². The molecule has 12 aromatic rings. The molecule has 2 heteroatoms. The van der Waals surface area contributed by atoms with Crippen molar-refractivity contribution < 1.29 is 0 Å². The standard InChI is InChI=1S/C66H46N2/c1-4-17-47(18-5-1)48-31-33-49(34-32-48)50-35-39-54(40-36-50)67(56-43-45-57(46-44-56)68-64-29-14-12-24-61(64)62-25-13-15-30-65(62)68)55-41-37-53(38-42-55)60-28-16-27-59(52-21-8-3-9-22-52)66(60)63-26-11-10-23-58(63)51-19-6-2-7-20-51/h1-46H. The summed E-state index contributed by atoms with van der Waals surface area (Å²) in [6, 6.07) is 101. The fourth-order valence-electron chi connectivity index (χ4n) is 9.99. The van der Waals surface area contributed by atoms with Crippen LogP contribution in [-0.2, 0) is 0 Å². The third-order valence-corrected chi connectivity index (χ3v) is 13.3. The van der Waals surface area contributed by atoms with Crippen molar-refractivity contribution in [2.24, 2.45) is 0 Å². The molecule has 1 heterocycles. The molecule has 0 atom stereocenters. The lowest BCUT2D eigenvalue weighted by Crippen LogP contribution is -2.10. The first-order valence-corrected chi connectivity index (χ1v) is 23.3. The van der Waals surface area contributed by atoms with Gasteiger partial charge >= 0.3 is 0 Å². The van der Waals surface area contributed by atoms with Crippen molar-refractivity contribution in [3.63, 3.8) is 0 Å². The number of hydrogen-bond donors (Lipinski definition) is 0. The number of benzene rings is 11. The van der Waals surface area contributed by atoms with Crippen LogP contribution in [0.15, 0.2) is 279 Å². The fraction of sp³-hybridized carbons (Fsp3) is 0. The molecule has 0 aliphatic rings. The van der Waals surface area contributed by atoms with E-state index in [1.165, 1.54) is 83.0 Å². The molecule has 0 bridgehead atoms. The first kappa shape index (κ1) is 40.5. The molecule has 0 spiro atoms. The van der Waals surface area contributed by atoms with Gasteiger partial charge in [-0.05, 0) is 127 Å². The molecule has 11 aromatic carbocycles. The molecule has 0 amide bonds. The van der Waals surface area contributed by atoms with E-state index < -0.39 is 0 Å². The van der Waals surface area contributed by atoms with Gasteiger partial charge in [0, 0.05) is 33.5 Å². The van der Waals surface area contributed by atoms with E-state index in [2.05, 4.69) is 289 Å². The minimum Gasteiger partial charge on any atom is -0.311 e. The molecule has 0 saturated heterocycles. The summed E-state index contributed by atoms with van der Waals surface area (Å²) in [7, 11) is 0. The minimum absolute atomic E-state index is 1.07. The molecule has 0 fully saturated rings. The van der Waals surface area contributed by atoms with E-state index in [1.54, 1.807) is 0 Å². The summed E-state index contributed by atoms with van der Waals surface area (Å²) in [5.74, 6) is 0. The Morgan fingerprint density at radius 2 is 0.544 bits per heavy atom. The average molecular weight is 867 g/mol. The van der Waals surface area contributed by atoms with Crippen molar-refractivity contribution in [1.29, 1.82) is 0 Å². The highest BCUT2D eigenvalue weighted by molar-refractivity contribution is 6.09. The van der Waals surface area contributed by atoms with Crippen molar-refractivity contribution in [3.8, 4) is 72.4 Å². The maximum atomic E-state index is 2.38. The first-order chi connectivity index (χ1) is 33.7. The smallest absolute Gasteiger partial charge is 0.0541 e. The average Bonchev–Trinajstić information content (AvgIpc) is 3.76. The Bertz CT molecular complexity index is 3610. The highest BCUT2D eigenvalue weighted by atomic mass is 15.1. The van der Waals surface area contributed by atoms with Crippen LogP contribution in [0.5, 0.6) is 0 Å². The topological polar surface area (TPSA) is 8.17 Å². The number of aromatic nitrogens is 1. The van der Waals surface area contributed by atoms with Crippen LogP contribution < -0.4 is 4.90 Å². The molecule has 320 valence electrons. The molecule has 0 radical (unpaired) electrons. The Balaban J connectivity index is 0.961. The van der Waals surface area contributed by atoms with E-state index >= 15 is 0 Å². The van der Waals surface area contributed by atoms with Crippen molar-refractivity contribution in [2.75, 3.05) is 4.90 Å². The van der Waals surface area contributed by atoms with Gasteiger partial charge in [-0.3, -0.25) is 0 Å². The van der Waals surface area contributed by atoms with E-state index in [0.717, 1.165) is 28.3 Å². The van der Waals surface area contributed by atoms with Gasteiger partial charge in [0.2, 0.25) is 0 Å². The van der Waals surface area contributed by atoms with Crippen LogP contribution >= 0.6 is 0 Å². The van der Waals surface area contributed by atoms with E-state index in [4.69, 9.17) is 0 Å². The van der Waals surface area contributed by atoms with Crippen LogP contribution in [0, 0.1) is 0 Å². The summed E-state index contributed by atoms with van der Waals surface area (Å²) < 4.78 is 2.38. The monoisotopic (exact) mass is 866 g/mol. The zero-order valence-electron chi connectivity index (χ0n) is 37.5. The number of hydrogen-bond acceptors (Lipinski definition) is 1. The maximum absolute atomic E-state index is 2.38. The van der Waals surface area contributed by atoms with E-state index in [1.807, 2.05) is 0 Å². The zero-order valence-corrected chi connectivity index (χ0v) is 37.5. The third-order valence-electron chi connectivity index (χ3n) is 13.3. The van der Waals surface area contributed by atoms with E-state index in [9.17, 15) is 0 Å². The van der Waals surface area contributed by atoms with Gasteiger partial charge in [-0.2, -0.15) is 0 Å². The summed E-state index contributed by atoms with van der Waals surface area (Å²) in [6.07, 6.45) is 0. The quantitative estimate of drug-likeness (QED) is 0.133. The van der Waals surface area contributed by atoms with Gasteiger partial charge in [-0.15, -0.1) is 0 Å². The Morgan fingerprint density at radius 1 is 0.221 bits per heavy atom. The lowest BCUT2D eigenvalue weighted by Gasteiger charge is -2.26. The molecule has 0 N–H and O–H groups in total. The van der Waals surface area contributed by atoms with Gasteiger partial charge in [0.25, 0.3) is 0 Å². The summed E-state index contributed by atoms with van der Waals surface area (Å²) >= 11 is 0. The molecule has 0 saturated carbocycles. The van der Waals surface area contributed by atoms with Crippen LogP contribution in [0.3, 0.4) is 0 Å². The van der Waals surface area contributed by atoms with Crippen molar-refractivity contribution >= 4 is 38.9 Å². The summed E-state index contributed by atoms with van der Waals surface area (Å²) in [4.78, 5) is 2.37. The molecule has 2 nitrogen and oxygen atoms in total. The second-order valence-electron chi connectivity index (χ2n) is 17.3. The minimum atomic E-state index is 1.07. The molecule has 1 aromatic heterocycles. The number of rotatable bonds is 10. The molecule has 0 unspecified atom stereocenters. The Hall–Kier alpha value is -8.98. The summed E-state index contributed by atoms with van der Waals surface area (Å²) in [5, 5.41) is 2.51. The van der Waals surface area contributed by atoms with Crippen molar-refractivity contribution in [1.82, 2.24) is 4.57 Å². The molecule has 12 rings (SSSR count). The van der Waals surface area contributed by atoms with Crippen molar-refractivity contribution in [3.05, 3.63) is 279 Å². The maximum Gasteiger partial charge on any atom is 0.0541 e. The van der Waals surface area contributed by atoms with Crippen LogP contribution in [0.2, 0.25) is 0 Å². The van der Waals surface area contributed by atoms with E-state index in [-0.39, 0.29) is 0 Å². The van der Waals surface area contributed by atoms with Crippen LogP contribution in [-0.4, -0.2) is 4.57 Å². The summed E-state index contributed by atoms with van der Waals surface area (Å²) in [5.41, 5.74) is 21.1. The fourth-order valence-corrected chi connectivity index (χ4v) is 9.99. The lowest BCUT2D eigenvalue weighted by atomic mass is 9.84. The molecule has 68 heavy (non-hydrogen) atoms. The van der Waals surface area contributed by atoms with Gasteiger partial charge in [0.1, 0.15) is 0 Å². The van der Waals surface area contributed by atoms with Crippen molar-refractivity contribution in [2.45, 2.75) is 0 Å². The Kier molecular flexibility index (Phi) is 10.6. The first-order valence-electron chi connectivity index (χ1n) is 23.3. The number of anilines is 3. The highest BCUT2D eigenvalue weighted by Gasteiger charge is 2.20. The predicted octanol–water partition coefficient (Wildman–Crippen LogP) is 18.3. The Morgan fingerprint density at radius 3 is 1.04 bits per heavy atom. The van der Waals surface area contributed by atoms with Gasteiger partial charge in [-0.1, -0.05) is 218 Å². The van der Waals surface area contributed by atoms with Gasteiger partial charge in [0.15, 0.2) is 0 Å². The third kappa shape index (κ3) is 7.54. The normalized spacial score (nSPS) is 11.2. The second-order valence-corrected chi connectivity index (χ2v) is 17.3. The molecular weight excluding hydrogens is 821 g/mol. The van der Waals surface area contributed by atoms with E-state index in [0.29, 0.717) is 0 Å². The van der Waals surface area contributed by atoms with Crippen LogP contribution in [0.25, 0.3) is 94.3 Å². The second kappa shape index (κ2) is 17.8. The number of nitrogens with zero attached hydrogens (tertiary/aromatic N) is 2. The van der Waals surface area contributed by atoms with Gasteiger partial charge in [0.05, 0.1) is 11.0 Å². The highest BCUT2D eigenvalue weighted by Crippen LogP contribution is 2.45. The Labute approximate surface area is 397 Å². The van der Waals surface area contributed by atoms with Crippen LogP contribution in [0.1, 0.15) is 0 Å².